The van der Waals surface area contributed by atoms with E-state index < -0.39 is 5.91 Å². The molecule has 1 atom stereocenters. The molecule has 1 saturated carbocycles. The van der Waals surface area contributed by atoms with Crippen LogP contribution in [0.25, 0.3) is 0 Å². The van der Waals surface area contributed by atoms with Crippen LogP contribution in [-0.4, -0.2) is 56.0 Å². The number of nitrogens with zero attached hydrogens (tertiary/aromatic N) is 5. The minimum Gasteiger partial charge on any atom is -0.376 e. The molecule has 1 saturated heterocycles. The zero-order valence-corrected chi connectivity index (χ0v) is 18.4. The Balaban J connectivity index is 1.36. The molecule has 34 heavy (non-hydrogen) atoms. The van der Waals surface area contributed by atoms with Crippen molar-refractivity contribution in [2.45, 2.75) is 37.7 Å². The van der Waals surface area contributed by atoms with Gasteiger partial charge in [0.2, 0.25) is 0 Å². The maximum Gasteiger partial charge on any atom is 0.278 e. The van der Waals surface area contributed by atoms with Crippen molar-refractivity contribution in [1.82, 2.24) is 30.2 Å². The first-order chi connectivity index (χ1) is 16.7. The second-order valence-electron chi connectivity index (χ2n) is 8.24. The summed E-state index contributed by atoms with van der Waals surface area (Å²) in [5.41, 5.74) is 2.03. The lowest BCUT2D eigenvalue weighted by Crippen LogP contribution is -2.32. The SMILES string of the molecule is O=C(NCC1CCCO1)c1ccncc1NC(=O)c1nc(C2CC2)cnc1Nc1cncnc1. The van der Waals surface area contributed by atoms with Crippen molar-refractivity contribution in [3.63, 3.8) is 0 Å². The lowest BCUT2D eigenvalue weighted by Gasteiger charge is -2.14. The average Bonchev–Trinajstić information content (AvgIpc) is 3.58. The third-order valence-electron chi connectivity index (χ3n) is 5.65. The Hall–Kier alpha value is -3.99. The Morgan fingerprint density at radius 1 is 1.03 bits per heavy atom. The van der Waals surface area contributed by atoms with Gasteiger partial charge in [0.25, 0.3) is 11.8 Å². The number of pyridine rings is 1. The van der Waals surface area contributed by atoms with Gasteiger partial charge in [0.15, 0.2) is 11.5 Å². The van der Waals surface area contributed by atoms with Gasteiger partial charge in [-0.25, -0.2) is 19.9 Å². The Bertz CT molecular complexity index is 1180. The maximum atomic E-state index is 13.3. The zero-order valence-electron chi connectivity index (χ0n) is 18.4. The van der Waals surface area contributed by atoms with Gasteiger partial charge in [0, 0.05) is 25.3 Å². The maximum absolute atomic E-state index is 13.3. The highest BCUT2D eigenvalue weighted by Crippen LogP contribution is 2.39. The van der Waals surface area contributed by atoms with E-state index in [1.54, 1.807) is 24.7 Å². The van der Waals surface area contributed by atoms with E-state index in [2.05, 4.69) is 40.9 Å². The molecule has 3 N–H and O–H groups in total. The molecular weight excluding hydrogens is 436 g/mol. The molecule has 11 heteroatoms. The van der Waals surface area contributed by atoms with Crippen LogP contribution in [0.3, 0.4) is 0 Å². The first kappa shape index (κ1) is 21.8. The summed E-state index contributed by atoms with van der Waals surface area (Å²) >= 11 is 0. The Morgan fingerprint density at radius 3 is 2.65 bits per heavy atom. The number of carbonyl (C=O) groups excluding carboxylic acids is 2. The van der Waals surface area contributed by atoms with Gasteiger partial charge in [-0.15, -0.1) is 0 Å². The number of nitrogens with one attached hydrogen (secondary N) is 3. The normalized spacial score (nSPS) is 17.2. The molecule has 0 spiro atoms. The molecule has 2 aliphatic rings. The number of carbonyl (C=O) groups is 2. The molecule has 3 aromatic rings. The van der Waals surface area contributed by atoms with E-state index in [1.807, 2.05) is 0 Å². The molecule has 11 nitrogen and oxygen atoms in total. The predicted molar refractivity (Wildman–Crippen MR) is 123 cm³/mol. The molecule has 3 aromatic heterocycles. The highest BCUT2D eigenvalue weighted by atomic mass is 16.5. The van der Waals surface area contributed by atoms with Gasteiger partial charge in [0.1, 0.15) is 6.33 Å². The van der Waals surface area contributed by atoms with E-state index in [-0.39, 0.29) is 29.2 Å². The van der Waals surface area contributed by atoms with Gasteiger partial charge >= 0.3 is 0 Å². The Kier molecular flexibility index (Phi) is 6.34. The second kappa shape index (κ2) is 9.87. The van der Waals surface area contributed by atoms with Crippen LogP contribution in [-0.2, 0) is 4.74 Å². The van der Waals surface area contributed by atoms with E-state index in [0.717, 1.165) is 31.4 Å². The van der Waals surface area contributed by atoms with Crippen molar-refractivity contribution in [1.29, 1.82) is 0 Å². The molecule has 0 bridgehead atoms. The van der Waals surface area contributed by atoms with Gasteiger partial charge in [-0.3, -0.25) is 14.6 Å². The quantitative estimate of drug-likeness (QED) is 0.461. The lowest BCUT2D eigenvalue weighted by atomic mass is 10.2. The first-order valence-corrected chi connectivity index (χ1v) is 11.2. The van der Waals surface area contributed by atoms with Crippen LogP contribution in [0.1, 0.15) is 58.1 Å². The third kappa shape index (κ3) is 5.15. The van der Waals surface area contributed by atoms with Gasteiger partial charge in [-0.2, -0.15) is 0 Å². The van der Waals surface area contributed by atoms with Crippen LogP contribution in [0, 0.1) is 0 Å². The van der Waals surface area contributed by atoms with E-state index in [1.165, 1.54) is 18.7 Å². The minimum atomic E-state index is -0.504. The third-order valence-corrected chi connectivity index (χ3v) is 5.65. The minimum absolute atomic E-state index is 0.0138. The summed E-state index contributed by atoms with van der Waals surface area (Å²) in [7, 11) is 0. The lowest BCUT2D eigenvalue weighted by molar-refractivity contribution is 0.0858. The second-order valence-corrected chi connectivity index (χ2v) is 8.24. The van der Waals surface area contributed by atoms with E-state index in [4.69, 9.17) is 4.74 Å². The van der Waals surface area contributed by atoms with Crippen molar-refractivity contribution < 1.29 is 14.3 Å². The molecular formula is C23H24N8O3. The summed E-state index contributed by atoms with van der Waals surface area (Å²) in [6, 6.07) is 1.56. The first-order valence-electron chi connectivity index (χ1n) is 11.2. The van der Waals surface area contributed by atoms with Gasteiger partial charge in [-0.1, -0.05) is 0 Å². The van der Waals surface area contributed by atoms with Gasteiger partial charge in [0.05, 0.1) is 53.5 Å². The molecule has 0 aromatic carbocycles. The predicted octanol–water partition coefficient (Wildman–Crippen LogP) is 2.44. The summed E-state index contributed by atoms with van der Waals surface area (Å²) in [5, 5.41) is 8.70. The summed E-state index contributed by atoms with van der Waals surface area (Å²) in [5.74, 6) is -0.239. The standard InChI is InChI=1S/C23H24N8O3/c32-22(28-10-16-2-1-7-34-16)17-5-6-24-11-19(17)31-23(33)20-21(29-15-8-25-13-26-9-15)27-12-18(30-20)14-3-4-14/h5-6,8-9,11-14,16H,1-4,7,10H2,(H,27,29)(H,28,32)(H,31,33). The van der Waals surface area contributed by atoms with Crippen molar-refractivity contribution >= 4 is 29.0 Å². The molecule has 1 aliphatic carbocycles. The number of hydrogen-bond donors (Lipinski definition) is 3. The van der Waals surface area contributed by atoms with E-state index in [9.17, 15) is 9.59 Å². The molecule has 5 rings (SSSR count). The fourth-order valence-electron chi connectivity index (χ4n) is 3.71. The van der Waals surface area contributed by atoms with Crippen molar-refractivity contribution in [2.24, 2.45) is 0 Å². The Morgan fingerprint density at radius 2 is 1.88 bits per heavy atom. The number of rotatable bonds is 8. The van der Waals surface area contributed by atoms with Crippen LogP contribution >= 0.6 is 0 Å². The van der Waals surface area contributed by atoms with Crippen molar-refractivity contribution in [3.8, 4) is 0 Å². The van der Waals surface area contributed by atoms with Crippen LogP contribution in [0.15, 0.2) is 43.4 Å². The number of hydrogen-bond acceptors (Lipinski definition) is 9. The van der Waals surface area contributed by atoms with E-state index in [0.29, 0.717) is 30.3 Å². The number of anilines is 3. The largest absolute Gasteiger partial charge is 0.376 e. The summed E-state index contributed by atoms with van der Waals surface area (Å²) in [6.45, 7) is 1.13. The van der Waals surface area contributed by atoms with Crippen molar-refractivity contribution in [3.05, 3.63) is 60.3 Å². The summed E-state index contributed by atoms with van der Waals surface area (Å²) < 4.78 is 5.56. The Labute approximate surface area is 195 Å². The molecule has 2 fully saturated rings. The van der Waals surface area contributed by atoms with Gasteiger partial charge in [-0.05, 0) is 31.7 Å². The van der Waals surface area contributed by atoms with Crippen LogP contribution in [0.4, 0.5) is 17.2 Å². The molecule has 4 heterocycles. The molecule has 174 valence electrons. The van der Waals surface area contributed by atoms with Crippen LogP contribution in [0.2, 0.25) is 0 Å². The fourth-order valence-corrected chi connectivity index (χ4v) is 3.71. The zero-order chi connectivity index (χ0) is 23.3. The monoisotopic (exact) mass is 460 g/mol. The molecule has 2 amide bonds. The average molecular weight is 460 g/mol. The number of amides is 2. The van der Waals surface area contributed by atoms with Crippen LogP contribution < -0.4 is 16.0 Å². The molecule has 1 aliphatic heterocycles. The van der Waals surface area contributed by atoms with Gasteiger partial charge < -0.3 is 20.7 Å². The number of ether oxygens (including phenoxy) is 1. The fraction of sp³-hybridized carbons (Fsp3) is 0.348. The van der Waals surface area contributed by atoms with Crippen LogP contribution in [0.5, 0.6) is 0 Å². The van der Waals surface area contributed by atoms with Crippen molar-refractivity contribution in [2.75, 3.05) is 23.8 Å². The topological polar surface area (TPSA) is 144 Å². The summed E-state index contributed by atoms with van der Waals surface area (Å²) in [4.78, 5) is 47.1. The molecule has 0 radical (unpaired) electrons. The molecule has 1 unspecified atom stereocenters. The highest BCUT2D eigenvalue weighted by molar-refractivity contribution is 6.10. The smallest absolute Gasteiger partial charge is 0.278 e. The van der Waals surface area contributed by atoms with E-state index >= 15 is 0 Å². The highest BCUT2D eigenvalue weighted by Gasteiger charge is 2.28. The summed E-state index contributed by atoms with van der Waals surface area (Å²) in [6.07, 6.45) is 13.1. The number of aromatic nitrogens is 5.